The van der Waals surface area contributed by atoms with Crippen molar-refractivity contribution in [3.05, 3.63) is 0 Å². The fourth-order valence-corrected chi connectivity index (χ4v) is 0. The Bertz CT molecular complexity index is 78.7. The van der Waals surface area contributed by atoms with Crippen molar-refractivity contribution >= 4 is 40.5 Å². The Hall–Kier alpha value is 0.979. The van der Waals surface area contributed by atoms with Gasteiger partial charge in [0.05, 0.1) is 0 Å². The van der Waals surface area contributed by atoms with E-state index in [9.17, 15) is 0 Å². The normalized spacial score (nSPS) is 8.94. The fraction of sp³-hybridized carbons (Fsp3) is 0.929. The minimum Gasteiger partial charge on any atom is -0.338 e. The SMILES string of the molecule is C=S(C)O.CCCC.CCCC.CCCC.[Sn]. The summed E-state index contributed by atoms with van der Waals surface area (Å²) in [5.41, 5.74) is 0. The van der Waals surface area contributed by atoms with E-state index in [1.165, 1.54) is 38.5 Å². The van der Waals surface area contributed by atoms with Gasteiger partial charge in [0.2, 0.25) is 0 Å². The molecule has 4 radical (unpaired) electrons. The van der Waals surface area contributed by atoms with Gasteiger partial charge in [-0.1, -0.05) is 96.7 Å². The van der Waals surface area contributed by atoms with Crippen LogP contribution in [0, 0.1) is 0 Å². The van der Waals surface area contributed by atoms with Gasteiger partial charge in [-0.2, -0.15) is 0 Å². The molecule has 0 rings (SSSR count). The van der Waals surface area contributed by atoms with E-state index >= 15 is 0 Å². The van der Waals surface area contributed by atoms with Crippen LogP contribution in [0.1, 0.15) is 80.1 Å². The Morgan fingerprint density at radius 2 is 0.765 bits per heavy atom. The van der Waals surface area contributed by atoms with Gasteiger partial charge in [-0.15, -0.1) is 0 Å². The molecule has 17 heavy (non-hydrogen) atoms. The Morgan fingerprint density at radius 3 is 0.765 bits per heavy atom. The van der Waals surface area contributed by atoms with Crippen LogP contribution in [0.2, 0.25) is 0 Å². The van der Waals surface area contributed by atoms with Gasteiger partial charge in [0.1, 0.15) is 0 Å². The molecule has 0 bridgehead atoms. The van der Waals surface area contributed by atoms with E-state index in [1.54, 1.807) is 6.26 Å². The van der Waals surface area contributed by atoms with Crippen molar-refractivity contribution in [2.24, 2.45) is 0 Å². The Labute approximate surface area is 131 Å². The van der Waals surface area contributed by atoms with Crippen molar-refractivity contribution in [3.8, 4) is 0 Å². The third kappa shape index (κ3) is 241. The minimum absolute atomic E-state index is 0. The summed E-state index contributed by atoms with van der Waals surface area (Å²) in [7, 11) is -0.611. The Morgan fingerprint density at radius 1 is 0.706 bits per heavy atom. The average Bonchev–Trinajstić information content (AvgIpc) is 2.28. The van der Waals surface area contributed by atoms with Gasteiger partial charge in [0, 0.05) is 30.2 Å². The van der Waals surface area contributed by atoms with Crippen molar-refractivity contribution in [2.45, 2.75) is 80.1 Å². The first-order valence-electron chi connectivity index (χ1n) is 6.62. The molecule has 0 amide bonds. The van der Waals surface area contributed by atoms with Gasteiger partial charge >= 0.3 is 0 Å². The van der Waals surface area contributed by atoms with Crippen molar-refractivity contribution in [3.63, 3.8) is 0 Å². The van der Waals surface area contributed by atoms with E-state index < -0.39 is 10.8 Å². The number of unbranched alkanes of at least 4 members (excludes halogenated alkanes) is 3. The number of hydrogen-bond acceptors (Lipinski definition) is 1. The molecule has 0 aromatic carbocycles. The molecule has 1 nitrogen and oxygen atoms in total. The molecular formula is C14H36OSSn. The maximum absolute atomic E-state index is 7.97. The van der Waals surface area contributed by atoms with Crippen LogP contribution >= 0.6 is 10.8 Å². The molecule has 1 N–H and O–H groups in total. The smallest absolute Gasteiger partial charge is 0.0000796 e. The fourth-order valence-electron chi connectivity index (χ4n) is 0. The summed E-state index contributed by atoms with van der Waals surface area (Å²) in [5, 5.41) is 0. The molecular weight excluding hydrogens is 335 g/mol. The second-order valence-electron chi connectivity index (χ2n) is 3.60. The van der Waals surface area contributed by atoms with Crippen LogP contribution in [0.15, 0.2) is 0 Å². The maximum Gasteiger partial charge on any atom is 0.0000796 e. The quantitative estimate of drug-likeness (QED) is 0.489. The van der Waals surface area contributed by atoms with Gasteiger partial charge in [-0.25, -0.2) is 0 Å². The predicted molar refractivity (Wildman–Crippen MR) is 90.8 cm³/mol. The summed E-state index contributed by atoms with van der Waals surface area (Å²) in [4.78, 5) is 0. The minimum atomic E-state index is -0.611. The maximum atomic E-state index is 7.97. The molecule has 0 aliphatic heterocycles. The summed E-state index contributed by atoms with van der Waals surface area (Å²) in [6, 6.07) is 0. The first-order chi connectivity index (χ1) is 7.47. The van der Waals surface area contributed by atoms with Crippen LogP contribution < -0.4 is 0 Å². The van der Waals surface area contributed by atoms with Gasteiger partial charge < -0.3 is 4.55 Å². The van der Waals surface area contributed by atoms with E-state index in [0.717, 1.165) is 0 Å². The average molecular weight is 371 g/mol. The molecule has 0 spiro atoms. The van der Waals surface area contributed by atoms with Crippen LogP contribution in [-0.4, -0.2) is 40.6 Å². The van der Waals surface area contributed by atoms with Crippen LogP contribution in [0.4, 0.5) is 0 Å². The Balaban J connectivity index is -0.0000000369. The number of hydrogen-bond donors (Lipinski definition) is 1. The first-order valence-corrected chi connectivity index (χ1v) is 8.38. The van der Waals surface area contributed by atoms with Crippen molar-refractivity contribution in [1.82, 2.24) is 0 Å². The van der Waals surface area contributed by atoms with Crippen LogP contribution in [0.3, 0.4) is 0 Å². The topological polar surface area (TPSA) is 20.2 Å². The molecule has 0 heterocycles. The Kier molecular flexibility index (Phi) is 78.8. The molecule has 0 aromatic rings. The molecule has 0 fully saturated rings. The van der Waals surface area contributed by atoms with E-state index in [0.29, 0.717) is 0 Å². The van der Waals surface area contributed by atoms with Crippen molar-refractivity contribution < 1.29 is 4.55 Å². The van der Waals surface area contributed by atoms with Gasteiger partial charge in [-0.3, -0.25) is 0 Å². The zero-order chi connectivity index (χ0) is 13.8. The summed E-state index contributed by atoms with van der Waals surface area (Å²) in [5.74, 6) is 3.22. The molecule has 1 unspecified atom stereocenters. The van der Waals surface area contributed by atoms with Crippen LogP contribution in [0.5, 0.6) is 0 Å². The second kappa shape index (κ2) is 43.5. The molecule has 0 aromatic heterocycles. The van der Waals surface area contributed by atoms with E-state index in [4.69, 9.17) is 4.55 Å². The molecule has 1 atom stereocenters. The largest absolute Gasteiger partial charge is 0.338 e. The molecule has 0 saturated carbocycles. The first kappa shape index (κ1) is 30.8. The summed E-state index contributed by atoms with van der Waals surface area (Å²) in [6.07, 6.45) is 9.56. The third-order valence-corrected chi connectivity index (χ3v) is 1.50. The number of rotatable bonds is 3. The van der Waals surface area contributed by atoms with Gasteiger partial charge in [0.25, 0.3) is 0 Å². The van der Waals surface area contributed by atoms with Crippen molar-refractivity contribution in [2.75, 3.05) is 6.26 Å². The molecule has 0 aliphatic carbocycles. The van der Waals surface area contributed by atoms with E-state index in [-0.39, 0.29) is 23.9 Å². The van der Waals surface area contributed by atoms with E-state index in [1.807, 2.05) is 0 Å². The molecule has 3 heteroatoms. The summed E-state index contributed by atoms with van der Waals surface area (Å²) >= 11 is 0. The monoisotopic (exact) mass is 372 g/mol. The standard InChI is InChI=1S/3C4H10.C2H6OS.Sn/c3*1-3-4-2;1-4(2)3;/h3*3-4H2,1-2H3;3H,1H2,2H3;. The summed E-state index contributed by atoms with van der Waals surface area (Å²) < 4.78 is 7.97. The van der Waals surface area contributed by atoms with E-state index in [2.05, 4.69) is 47.4 Å². The van der Waals surface area contributed by atoms with Gasteiger partial charge in [0.15, 0.2) is 0 Å². The molecule has 0 saturated heterocycles. The van der Waals surface area contributed by atoms with Crippen LogP contribution in [-0.2, 0) is 0 Å². The van der Waals surface area contributed by atoms with Gasteiger partial charge in [-0.05, 0) is 0 Å². The molecule has 0 aliphatic rings. The molecule has 108 valence electrons. The zero-order valence-electron chi connectivity index (χ0n) is 13.3. The van der Waals surface area contributed by atoms with Crippen LogP contribution in [0.25, 0.3) is 0 Å². The zero-order valence-corrected chi connectivity index (χ0v) is 17.0. The third-order valence-electron chi connectivity index (χ3n) is 1.50. The summed E-state index contributed by atoms with van der Waals surface area (Å²) in [6.45, 7) is 13.1. The second-order valence-corrected chi connectivity index (χ2v) is 4.80. The van der Waals surface area contributed by atoms with Crippen molar-refractivity contribution in [1.29, 1.82) is 0 Å². The predicted octanol–water partition coefficient (Wildman–Crippen LogP) is 5.83.